The molecule has 11 heteroatoms. The first kappa shape index (κ1) is 23.7. The molecule has 1 unspecified atom stereocenters. The van der Waals surface area contributed by atoms with Crippen LogP contribution < -0.4 is 10.6 Å². The van der Waals surface area contributed by atoms with Gasteiger partial charge in [0.05, 0.1) is 5.92 Å². The van der Waals surface area contributed by atoms with Crippen molar-refractivity contribution in [3.05, 3.63) is 41.3 Å². The van der Waals surface area contributed by atoms with Gasteiger partial charge in [0.1, 0.15) is 16.3 Å². The zero-order valence-corrected chi connectivity index (χ0v) is 18.9. The van der Waals surface area contributed by atoms with E-state index in [0.29, 0.717) is 50.2 Å². The van der Waals surface area contributed by atoms with E-state index in [1.165, 1.54) is 16.4 Å². The Morgan fingerprint density at radius 1 is 1.25 bits per heavy atom. The second kappa shape index (κ2) is 10.1. The molecule has 1 aromatic heterocycles. The first-order chi connectivity index (χ1) is 15.2. The van der Waals surface area contributed by atoms with Gasteiger partial charge in [-0.05, 0) is 51.3 Å². The Morgan fingerprint density at radius 2 is 2.00 bits per heavy atom. The lowest BCUT2D eigenvalue weighted by atomic mass is 9.99. The molecular weight excluding hydrogens is 436 g/mol. The summed E-state index contributed by atoms with van der Waals surface area (Å²) in [6.45, 7) is 4.29. The highest BCUT2D eigenvalue weighted by atomic mass is 32.2. The fourth-order valence-electron chi connectivity index (χ4n) is 3.74. The number of aryl methyl sites for hydroxylation is 2. The Balaban J connectivity index is 1.46. The number of nitrogens with zero attached hydrogens (tertiary/aromatic N) is 2. The summed E-state index contributed by atoms with van der Waals surface area (Å²) in [6.07, 6.45) is 1.71. The molecule has 1 aliphatic heterocycles. The van der Waals surface area contributed by atoms with Gasteiger partial charge in [0.25, 0.3) is 5.91 Å². The lowest BCUT2D eigenvalue weighted by Gasteiger charge is -2.31. The number of hydrogen-bond donors (Lipinski definition) is 3. The first-order valence-electron chi connectivity index (χ1n) is 10.5. The van der Waals surface area contributed by atoms with Gasteiger partial charge in [0, 0.05) is 31.7 Å². The standard InChI is InChI=1S/C21H28N4O6S/c1-14-19(15(2)31-24-14)32(29,30)25-11-4-7-17(13-25)21(28)23-10-5-9-22-20(27)16-6-3-8-18(26)12-16/h3,6,8,12,17,26H,4-5,7,9-11,13H2,1-2H3,(H,22,27)(H,23,28). The van der Waals surface area contributed by atoms with E-state index in [2.05, 4.69) is 15.8 Å². The number of phenolic OH excluding ortho intramolecular Hbond substituents is 1. The third kappa shape index (κ3) is 5.46. The van der Waals surface area contributed by atoms with Gasteiger partial charge in [-0.3, -0.25) is 9.59 Å². The summed E-state index contributed by atoms with van der Waals surface area (Å²) >= 11 is 0. The summed E-state index contributed by atoms with van der Waals surface area (Å²) in [7, 11) is -3.78. The molecule has 2 heterocycles. The van der Waals surface area contributed by atoms with Crippen LogP contribution in [-0.2, 0) is 14.8 Å². The van der Waals surface area contributed by atoms with Crippen LogP contribution in [0.4, 0.5) is 0 Å². The summed E-state index contributed by atoms with van der Waals surface area (Å²) in [5.41, 5.74) is 0.665. The third-order valence-electron chi connectivity index (χ3n) is 5.37. The lowest BCUT2D eigenvalue weighted by Crippen LogP contribution is -2.45. The van der Waals surface area contributed by atoms with Crippen LogP contribution in [0, 0.1) is 19.8 Å². The van der Waals surface area contributed by atoms with Crippen LogP contribution in [0.1, 0.15) is 41.1 Å². The van der Waals surface area contributed by atoms with Gasteiger partial charge in [-0.2, -0.15) is 4.31 Å². The smallest absolute Gasteiger partial charge is 0.251 e. The maximum atomic E-state index is 13.0. The van der Waals surface area contributed by atoms with Crippen LogP contribution >= 0.6 is 0 Å². The normalized spacial score (nSPS) is 17.1. The second-order valence-corrected chi connectivity index (χ2v) is 9.68. The number of piperidine rings is 1. The van der Waals surface area contributed by atoms with E-state index in [-0.39, 0.29) is 34.8 Å². The van der Waals surface area contributed by atoms with E-state index in [9.17, 15) is 23.1 Å². The van der Waals surface area contributed by atoms with Gasteiger partial charge in [-0.15, -0.1) is 0 Å². The maximum Gasteiger partial charge on any atom is 0.251 e. The number of rotatable bonds is 8. The fraction of sp³-hybridized carbons (Fsp3) is 0.476. The van der Waals surface area contributed by atoms with E-state index in [0.717, 1.165) is 0 Å². The molecule has 174 valence electrons. The zero-order valence-electron chi connectivity index (χ0n) is 18.1. The monoisotopic (exact) mass is 464 g/mol. The number of amides is 2. The molecule has 0 saturated carbocycles. The molecule has 10 nitrogen and oxygen atoms in total. The quantitative estimate of drug-likeness (QED) is 0.500. The molecule has 0 bridgehead atoms. The summed E-state index contributed by atoms with van der Waals surface area (Å²) in [5, 5.41) is 18.7. The molecule has 1 aromatic carbocycles. The van der Waals surface area contributed by atoms with Crippen LogP contribution in [0.3, 0.4) is 0 Å². The highest BCUT2D eigenvalue weighted by Crippen LogP contribution is 2.27. The average Bonchev–Trinajstić information content (AvgIpc) is 3.12. The summed E-state index contributed by atoms with van der Waals surface area (Å²) in [5.74, 6) is -0.701. The summed E-state index contributed by atoms with van der Waals surface area (Å²) < 4.78 is 32.3. The predicted molar refractivity (Wildman–Crippen MR) is 116 cm³/mol. The highest BCUT2D eigenvalue weighted by molar-refractivity contribution is 7.89. The largest absolute Gasteiger partial charge is 0.508 e. The molecule has 1 atom stereocenters. The van der Waals surface area contributed by atoms with Crippen molar-refractivity contribution in [2.45, 2.75) is 38.0 Å². The van der Waals surface area contributed by atoms with Crippen LogP contribution in [0.5, 0.6) is 5.75 Å². The topological polar surface area (TPSA) is 142 Å². The average molecular weight is 465 g/mol. The van der Waals surface area contributed by atoms with Gasteiger partial charge >= 0.3 is 0 Å². The third-order valence-corrected chi connectivity index (χ3v) is 7.48. The van der Waals surface area contributed by atoms with Gasteiger partial charge in [-0.1, -0.05) is 11.2 Å². The number of aromatic hydroxyl groups is 1. The number of sulfonamides is 1. The van der Waals surface area contributed by atoms with Crippen molar-refractivity contribution < 1.29 is 27.6 Å². The molecule has 3 rings (SSSR count). The van der Waals surface area contributed by atoms with E-state index in [4.69, 9.17) is 4.52 Å². The van der Waals surface area contributed by atoms with E-state index in [1.807, 2.05) is 0 Å². The summed E-state index contributed by atoms with van der Waals surface area (Å²) in [6, 6.07) is 6.05. The van der Waals surface area contributed by atoms with Crippen molar-refractivity contribution in [1.82, 2.24) is 20.1 Å². The highest BCUT2D eigenvalue weighted by Gasteiger charge is 2.36. The molecule has 1 saturated heterocycles. The van der Waals surface area contributed by atoms with E-state index >= 15 is 0 Å². The number of carbonyl (C=O) groups excluding carboxylic acids is 2. The van der Waals surface area contributed by atoms with Gasteiger partial charge in [-0.25, -0.2) is 8.42 Å². The number of carbonyl (C=O) groups is 2. The Bertz CT molecular complexity index is 1060. The van der Waals surface area contributed by atoms with Crippen molar-refractivity contribution in [3.63, 3.8) is 0 Å². The molecule has 0 radical (unpaired) electrons. The van der Waals surface area contributed by atoms with Gasteiger partial charge in [0.15, 0.2) is 5.76 Å². The van der Waals surface area contributed by atoms with Crippen molar-refractivity contribution >= 4 is 21.8 Å². The minimum atomic E-state index is -3.78. The predicted octanol–water partition coefficient (Wildman–Crippen LogP) is 1.33. The summed E-state index contributed by atoms with van der Waals surface area (Å²) in [4.78, 5) is 24.7. The molecular formula is C21H28N4O6S. The SMILES string of the molecule is Cc1noc(C)c1S(=O)(=O)N1CCCC(C(=O)NCCCNC(=O)c2cccc(O)c2)C1. The second-order valence-electron chi connectivity index (χ2n) is 7.81. The molecule has 0 spiro atoms. The van der Waals surface area contributed by atoms with Crippen molar-refractivity contribution in [1.29, 1.82) is 0 Å². The van der Waals surface area contributed by atoms with E-state index in [1.54, 1.807) is 26.0 Å². The molecule has 1 fully saturated rings. The van der Waals surface area contributed by atoms with Crippen LogP contribution in [0.2, 0.25) is 0 Å². The molecule has 1 aliphatic rings. The van der Waals surface area contributed by atoms with Crippen molar-refractivity contribution in [2.75, 3.05) is 26.2 Å². The number of benzene rings is 1. The zero-order chi connectivity index (χ0) is 23.3. The minimum Gasteiger partial charge on any atom is -0.508 e. The minimum absolute atomic E-state index is 0.0165. The van der Waals surface area contributed by atoms with Crippen LogP contribution in [0.25, 0.3) is 0 Å². The molecule has 2 aromatic rings. The number of nitrogens with one attached hydrogen (secondary N) is 2. The Labute approximate surface area is 187 Å². The van der Waals surface area contributed by atoms with Crippen LogP contribution in [-0.4, -0.2) is 61.0 Å². The number of aromatic nitrogens is 1. The maximum absolute atomic E-state index is 13.0. The fourth-order valence-corrected chi connectivity index (χ4v) is 5.56. The van der Waals surface area contributed by atoms with Crippen molar-refractivity contribution in [2.24, 2.45) is 5.92 Å². The first-order valence-corrected chi connectivity index (χ1v) is 11.9. The molecule has 0 aliphatic carbocycles. The van der Waals surface area contributed by atoms with Crippen LogP contribution in [0.15, 0.2) is 33.7 Å². The molecule has 32 heavy (non-hydrogen) atoms. The van der Waals surface area contributed by atoms with Gasteiger partial charge in [0.2, 0.25) is 15.9 Å². The number of hydrogen-bond acceptors (Lipinski definition) is 7. The van der Waals surface area contributed by atoms with E-state index < -0.39 is 15.9 Å². The lowest BCUT2D eigenvalue weighted by molar-refractivity contribution is -0.126. The Kier molecular flexibility index (Phi) is 7.52. The Morgan fingerprint density at radius 3 is 2.69 bits per heavy atom. The Hall–Kier alpha value is -2.92. The number of phenols is 1. The molecule has 2 amide bonds. The molecule has 3 N–H and O–H groups in total. The van der Waals surface area contributed by atoms with Gasteiger partial charge < -0.3 is 20.3 Å². The van der Waals surface area contributed by atoms with Crippen molar-refractivity contribution in [3.8, 4) is 5.75 Å².